The number of carboxylic acid groups (broad SMARTS) is 1. The van der Waals surface area contributed by atoms with Crippen LogP contribution in [0.4, 0.5) is 0 Å². The topological polar surface area (TPSA) is 49.3 Å². The first-order valence-corrected chi connectivity index (χ1v) is 5.55. The van der Waals surface area contributed by atoms with Crippen LogP contribution in [0.5, 0.6) is 0 Å². The molecule has 0 amide bonds. The molecule has 3 saturated carbocycles. The summed E-state index contributed by atoms with van der Waals surface area (Å²) in [6.07, 6.45) is 5.09. The Kier molecular flexibility index (Phi) is 1.45. The van der Waals surface area contributed by atoms with E-state index in [4.69, 9.17) is 5.11 Å². The second-order valence-corrected chi connectivity index (χ2v) is 5.60. The van der Waals surface area contributed by atoms with Gasteiger partial charge in [-0.1, -0.05) is 6.92 Å². The Morgan fingerprint density at radius 1 is 1.43 bits per heavy atom. The number of rotatable bonds is 3. The minimum Gasteiger partial charge on any atom is -0.480 e. The highest BCUT2D eigenvalue weighted by Gasteiger charge is 2.78. The van der Waals surface area contributed by atoms with E-state index in [9.17, 15) is 4.79 Å². The first kappa shape index (κ1) is 8.72. The van der Waals surface area contributed by atoms with E-state index in [1.54, 1.807) is 0 Å². The first-order chi connectivity index (χ1) is 6.58. The molecule has 0 aromatic carbocycles. The van der Waals surface area contributed by atoms with Gasteiger partial charge < -0.3 is 10.4 Å². The maximum atomic E-state index is 10.6. The van der Waals surface area contributed by atoms with Crippen LogP contribution in [0.1, 0.15) is 32.6 Å². The van der Waals surface area contributed by atoms with E-state index in [0.29, 0.717) is 5.41 Å². The molecular weight excluding hydrogens is 178 g/mol. The molecule has 14 heavy (non-hydrogen) atoms. The third-order valence-corrected chi connectivity index (χ3v) is 4.77. The summed E-state index contributed by atoms with van der Waals surface area (Å²) >= 11 is 0. The van der Waals surface area contributed by atoms with Crippen LogP contribution in [0.15, 0.2) is 0 Å². The maximum absolute atomic E-state index is 10.6. The Morgan fingerprint density at radius 3 is 2.79 bits per heavy atom. The van der Waals surface area contributed by atoms with Crippen LogP contribution < -0.4 is 5.32 Å². The van der Waals surface area contributed by atoms with E-state index < -0.39 is 5.97 Å². The van der Waals surface area contributed by atoms with Crippen molar-refractivity contribution < 1.29 is 9.90 Å². The molecule has 3 aliphatic rings. The molecule has 0 saturated heterocycles. The Morgan fingerprint density at radius 2 is 2.21 bits per heavy atom. The van der Waals surface area contributed by atoms with Crippen LogP contribution in [-0.4, -0.2) is 23.2 Å². The molecule has 3 aliphatic carbocycles. The molecule has 4 unspecified atom stereocenters. The third-order valence-electron chi connectivity index (χ3n) is 4.77. The monoisotopic (exact) mass is 195 g/mol. The van der Waals surface area contributed by atoms with E-state index in [1.165, 1.54) is 25.7 Å². The van der Waals surface area contributed by atoms with Gasteiger partial charge in [0.2, 0.25) is 0 Å². The van der Waals surface area contributed by atoms with E-state index in [2.05, 4.69) is 12.2 Å². The van der Waals surface area contributed by atoms with Crippen LogP contribution in [0, 0.1) is 17.3 Å². The average Bonchev–Trinajstić information content (AvgIpc) is 2.57. The lowest BCUT2D eigenvalue weighted by Crippen LogP contribution is -2.57. The summed E-state index contributed by atoms with van der Waals surface area (Å²) in [4.78, 5) is 10.6. The summed E-state index contributed by atoms with van der Waals surface area (Å²) in [5.74, 6) is 0.982. The molecule has 3 fully saturated rings. The van der Waals surface area contributed by atoms with E-state index in [-0.39, 0.29) is 12.1 Å². The van der Waals surface area contributed by atoms with Gasteiger partial charge in [-0.2, -0.15) is 0 Å². The predicted molar refractivity (Wildman–Crippen MR) is 51.9 cm³/mol. The maximum Gasteiger partial charge on any atom is 0.317 e. The van der Waals surface area contributed by atoms with E-state index in [0.717, 1.165) is 11.8 Å². The second kappa shape index (κ2) is 2.32. The summed E-state index contributed by atoms with van der Waals surface area (Å²) in [6, 6.07) is 0. The van der Waals surface area contributed by atoms with Gasteiger partial charge in [0.25, 0.3) is 0 Å². The fourth-order valence-corrected chi connectivity index (χ4v) is 4.31. The van der Waals surface area contributed by atoms with Crippen LogP contribution in [0.2, 0.25) is 0 Å². The van der Waals surface area contributed by atoms with Crippen molar-refractivity contribution in [3.05, 3.63) is 0 Å². The fourth-order valence-electron chi connectivity index (χ4n) is 4.31. The quantitative estimate of drug-likeness (QED) is 0.712. The lowest BCUT2D eigenvalue weighted by molar-refractivity contribution is -0.136. The van der Waals surface area contributed by atoms with Gasteiger partial charge in [0.05, 0.1) is 6.54 Å². The summed E-state index contributed by atoms with van der Waals surface area (Å²) in [5, 5.41) is 12.0. The van der Waals surface area contributed by atoms with E-state index in [1.807, 2.05) is 0 Å². The Bertz CT molecular complexity index is 304. The molecule has 78 valence electrons. The lowest BCUT2D eigenvalue weighted by Gasteiger charge is -2.45. The molecule has 3 nitrogen and oxygen atoms in total. The highest BCUT2D eigenvalue weighted by molar-refractivity contribution is 5.69. The minimum absolute atomic E-state index is 0.140. The Hall–Kier alpha value is -0.570. The van der Waals surface area contributed by atoms with Crippen LogP contribution in [0.3, 0.4) is 0 Å². The van der Waals surface area contributed by atoms with Crippen LogP contribution >= 0.6 is 0 Å². The molecule has 4 atom stereocenters. The normalized spacial score (nSPS) is 53.2. The molecule has 0 bridgehead atoms. The number of nitrogens with one attached hydrogen (secondary N) is 1. The largest absolute Gasteiger partial charge is 0.480 e. The van der Waals surface area contributed by atoms with Crippen LogP contribution in [-0.2, 0) is 4.79 Å². The molecule has 0 aromatic rings. The van der Waals surface area contributed by atoms with Gasteiger partial charge in [-0.3, -0.25) is 4.79 Å². The number of hydrogen-bond acceptors (Lipinski definition) is 2. The summed E-state index contributed by atoms with van der Waals surface area (Å²) in [5.41, 5.74) is 0.747. The standard InChI is InChI=1S/C11H17NO2/c1-7-2-10-4-8(10)5-11(10,3-7)12-6-9(13)14/h7-8,12H,2-6H2,1H3,(H,13,14). The van der Waals surface area contributed by atoms with Gasteiger partial charge in [0.15, 0.2) is 0 Å². The zero-order valence-corrected chi connectivity index (χ0v) is 8.55. The van der Waals surface area contributed by atoms with Crippen molar-refractivity contribution in [3.8, 4) is 0 Å². The SMILES string of the molecule is CC1CC2(NCC(=O)O)CC3CC32C1. The van der Waals surface area contributed by atoms with Crippen LogP contribution in [0.25, 0.3) is 0 Å². The number of aliphatic carboxylic acids is 1. The average molecular weight is 195 g/mol. The first-order valence-electron chi connectivity index (χ1n) is 5.55. The van der Waals surface area contributed by atoms with Crippen molar-refractivity contribution in [3.63, 3.8) is 0 Å². The summed E-state index contributed by atoms with van der Waals surface area (Å²) in [6.45, 7) is 2.44. The Balaban J connectivity index is 1.74. The zero-order valence-electron chi connectivity index (χ0n) is 8.55. The number of carboxylic acids is 1. The fraction of sp³-hybridized carbons (Fsp3) is 0.909. The molecule has 1 spiro atoms. The van der Waals surface area contributed by atoms with Crippen molar-refractivity contribution in [1.29, 1.82) is 0 Å². The van der Waals surface area contributed by atoms with Gasteiger partial charge >= 0.3 is 5.97 Å². The molecule has 0 aromatic heterocycles. The highest BCUT2D eigenvalue weighted by atomic mass is 16.4. The van der Waals surface area contributed by atoms with Gasteiger partial charge in [-0.15, -0.1) is 0 Å². The third kappa shape index (κ3) is 0.842. The molecule has 0 aliphatic heterocycles. The molecule has 3 rings (SSSR count). The highest BCUT2D eigenvalue weighted by Crippen LogP contribution is 2.80. The minimum atomic E-state index is -0.724. The molecular formula is C11H17NO2. The molecule has 3 heteroatoms. The van der Waals surface area contributed by atoms with Gasteiger partial charge in [-0.05, 0) is 42.9 Å². The summed E-state index contributed by atoms with van der Waals surface area (Å²) < 4.78 is 0. The zero-order chi connectivity index (χ0) is 9.97. The van der Waals surface area contributed by atoms with Crippen molar-refractivity contribution in [1.82, 2.24) is 5.32 Å². The van der Waals surface area contributed by atoms with Crippen molar-refractivity contribution >= 4 is 5.97 Å². The van der Waals surface area contributed by atoms with Gasteiger partial charge in [0, 0.05) is 5.54 Å². The molecule has 0 radical (unpaired) electrons. The van der Waals surface area contributed by atoms with Gasteiger partial charge in [0.1, 0.15) is 0 Å². The van der Waals surface area contributed by atoms with Crippen molar-refractivity contribution in [2.75, 3.05) is 6.54 Å². The van der Waals surface area contributed by atoms with Crippen molar-refractivity contribution in [2.24, 2.45) is 17.3 Å². The summed E-state index contributed by atoms with van der Waals surface area (Å²) in [7, 11) is 0. The smallest absolute Gasteiger partial charge is 0.317 e. The molecule has 2 N–H and O–H groups in total. The second-order valence-electron chi connectivity index (χ2n) is 5.60. The Labute approximate surface area is 83.9 Å². The number of hydrogen-bond donors (Lipinski definition) is 2. The van der Waals surface area contributed by atoms with Gasteiger partial charge in [-0.25, -0.2) is 0 Å². The van der Waals surface area contributed by atoms with Crippen molar-refractivity contribution in [2.45, 2.75) is 38.1 Å². The molecule has 0 heterocycles. The lowest BCUT2D eigenvalue weighted by atomic mass is 9.68. The number of carbonyl (C=O) groups is 1. The van der Waals surface area contributed by atoms with E-state index >= 15 is 0 Å². The predicted octanol–water partition coefficient (Wildman–Crippen LogP) is 1.24.